The zero-order valence-corrected chi connectivity index (χ0v) is 13.5. The van der Waals surface area contributed by atoms with Gasteiger partial charge in [-0.15, -0.1) is 0 Å². The van der Waals surface area contributed by atoms with Crippen molar-refractivity contribution in [1.82, 2.24) is 10.6 Å². The fourth-order valence-corrected chi connectivity index (χ4v) is 3.08. The Morgan fingerprint density at radius 3 is 3.00 bits per heavy atom. The predicted octanol–water partition coefficient (Wildman–Crippen LogP) is 2.52. The largest absolute Gasteiger partial charge is 0.480 e. The van der Waals surface area contributed by atoms with Crippen molar-refractivity contribution in [2.24, 2.45) is 0 Å². The molecule has 20 heavy (non-hydrogen) atoms. The van der Waals surface area contributed by atoms with Gasteiger partial charge in [0.25, 0.3) is 5.91 Å². The molecule has 1 aromatic rings. The van der Waals surface area contributed by atoms with Crippen LogP contribution in [-0.4, -0.2) is 25.6 Å². The Labute approximate surface area is 128 Å². The number of carbonyl (C=O) groups excluding carboxylic acids is 1. The van der Waals surface area contributed by atoms with Gasteiger partial charge in [-0.1, -0.05) is 15.9 Å². The lowest BCUT2D eigenvalue weighted by molar-refractivity contribution is -0.127. The van der Waals surface area contributed by atoms with E-state index in [-0.39, 0.29) is 12.0 Å². The average molecular weight is 341 g/mol. The van der Waals surface area contributed by atoms with Gasteiger partial charge in [-0.2, -0.15) is 0 Å². The van der Waals surface area contributed by atoms with Crippen molar-refractivity contribution in [2.45, 2.75) is 38.8 Å². The summed E-state index contributed by atoms with van der Waals surface area (Å²) in [5.74, 6) is 0.824. The summed E-state index contributed by atoms with van der Waals surface area (Å²) < 4.78 is 7.07. The topological polar surface area (TPSA) is 50.4 Å². The maximum atomic E-state index is 12.0. The number of benzene rings is 1. The molecule has 1 aliphatic rings. The highest BCUT2D eigenvalue weighted by molar-refractivity contribution is 9.10. The quantitative estimate of drug-likeness (QED) is 0.885. The molecule has 1 aliphatic heterocycles. The Morgan fingerprint density at radius 2 is 2.25 bits per heavy atom. The Morgan fingerprint density at radius 1 is 1.45 bits per heavy atom. The molecule has 0 saturated carbocycles. The second-order valence-corrected chi connectivity index (χ2v) is 6.05. The van der Waals surface area contributed by atoms with E-state index in [1.165, 1.54) is 0 Å². The standard InChI is InChI=1S/C15H21BrN2O2/c1-10-7-12(16)8-11(9-17-2)14(10)20-13-5-3-4-6-18-15(13)19/h7-8,13,17H,3-6,9H2,1-2H3,(H,18,19). The van der Waals surface area contributed by atoms with Gasteiger partial charge in [0.1, 0.15) is 5.75 Å². The summed E-state index contributed by atoms with van der Waals surface area (Å²) in [6, 6.07) is 4.05. The number of hydrogen-bond acceptors (Lipinski definition) is 3. The SMILES string of the molecule is CNCc1cc(Br)cc(C)c1OC1CCCCNC1=O. The van der Waals surface area contributed by atoms with Crippen LogP contribution in [0.1, 0.15) is 30.4 Å². The second kappa shape index (κ2) is 7.09. The molecule has 1 fully saturated rings. The molecule has 0 aliphatic carbocycles. The highest BCUT2D eigenvalue weighted by Crippen LogP contribution is 2.30. The summed E-state index contributed by atoms with van der Waals surface area (Å²) in [5.41, 5.74) is 2.11. The number of nitrogens with one attached hydrogen (secondary N) is 2. The van der Waals surface area contributed by atoms with E-state index in [4.69, 9.17) is 4.74 Å². The molecule has 1 atom stereocenters. The summed E-state index contributed by atoms with van der Waals surface area (Å²) in [6.07, 6.45) is 2.43. The van der Waals surface area contributed by atoms with E-state index in [0.29, 0.717) is 6.54 Å². The zero-order chi connectivity index (χ0) is 14.5. The molecule has 4 nitrogen and oxygen atoms in total. The first-order valence-electron chi connectivity index (χ1n) is 7.00. The van der Waals surface area contributed by atoms with Crippen molar-refractivity contribution in [3.8, 4) is 5.75 Å². The van der Waals surface area contributed by atoms with Gasteiger partial charge in [0.15, 0.2) is 6.10 Å². The van der Waals surface area contributed by atoms with Gasteiger partial charge in [-0.05, 0) is 50.9 Å². The number of carbonyl (C=O) groups is 1. The highest BCUT2D eigenvalue weighted by atomic mass is 79.9. The van der Waals surface area contributed by atoms with Gasteiger partial charge in [-0.25, -0.2) is 0 Å². The van der Waals surface area contributed by atoms with Crippen molar-refractivity contribution in [3.63, 3.8) is 0 Å². The van der Waals surface area contributed by atoms with E-state index >= 15 is 0 Å². The van der Waals surface area contributed by atoms with Gasteiger partial charge < -0.3 is 15.4 Å². The first-order chi connectivity index (χ1) is 9.61. The molecular weight excluding hydrogens is 320 g/mol. The number of ether oxygens (including phenoxy) is 1. The minimum atomic E-state index is -0.381. The molecule has 2 N–H and O–H groups in total. The number of rotatable bonds is 4. The third-order valence-electron chi connectivity index (χ3n) is 3.43. The summed E-state index contributed by atoms with van der Waals surface area (Å²) in [6.45, 7) is 3.47. The summed E-state index contributed by atoms with van der Waals surface area (Å²) in [5, 5.41) is 6.05. The van der Waals surface area contributed by atoms with E-state index < -0.39 is 0 Å². The van der Waals surface area contributed by atoms with Crippen molar-refractivity contribution < 1.29 is 9.53 Å². The van der Waals surface area contributed by atoms with Gasteiger partial charge in [0.2, 0.25) is 0 Å². The zero-order valence-electron chi connectivity index (χ0n) is 12.0. The van der Waals surface area contributed by atoms with E-state index in [1.54, 1.807) is 0 Å². The molecule has 110 valence electrons. The molecule has 1 heterocycles. The van der Waals surface area contributed by atoms with Crippen LogP contribution in [0.3, 0.4) is 0 Å². The molecule has 0 bridgehead atoms. The first-order valence-corrected chi connectivity index (χ1v) is 7.79. The third-order valence-corrected chi connectivity index (χ3v) is 3.89. The lowest BCUT2D eigenvalue weighted by atomic mass is 10.1. The van der Waals surface area contributed by atoms with Crippen LogP contribution in [-0.2, 0) is 11.3 Å². The fraction of sp³-hybridized carbons (Fsp3) is 0.533. The van der Waals surface area contributed by atoms with Gasteiger partial charge in [0, 0.05) is 23.1 Å². The second-order valence-electron chi connectivity index (χ2n) is 5.13. The summed E-state index contributed by atoms with van der Waals surface area (Å²) >= 11 is 3.50. The Bertz CT molecular complexity index is 491. The molecule has 1 unspecified atom stereocenters. The highest BCUT2D eigenvalue weighted by Gasteiger charge is 2.24. The molecule has 0 spiro atoms. The fourth-order valence-electron chi connectivity index (χ4n) is 2.46. The smallest absolute Gasteiger partial charge is 0.261 e. The van der Waals surface area contributed by atoms with Crippen LogP contribution < -0.4 is 15.4 Å². The monoisotopic (exact) mass is 340 g/mol. The van der Waals surface area contributed by atoms with Crippen LogP contribution >= 0.6 is 15.9 Å². The van der Waals surface area contributed by atoms with E-state index in [0.717, 1.165) is 47.2 Å². The molecule has 0 aromatic heterocycles. The minimum absolute atomic E-state index is 0.000210. The van der Waals surface area contributed by atoms with E-state index in [1.807, 2.05) is 26.1 Å². The van der Waals surface area contributed by atoms with Crippen LogP contribution in [0.15, 0.2) is 16.6 Å². The molecule has 1 amide bonds. The normalized spacial score (nSPS) is 19.4. The first kappa shape index (κ1) is 15.3. The van der Waals surface area contributed by atoms with E-state index in [2.05, 4.69) is 26.6 Å². The minimum Gasteiger partial charge on any atom is -0.480 e. The van der Waals surface area contributed by atoms with E-state index in [9.17, 15) is 4.79 Å². The molecule has 1 aromatic carbocycles. The summed E-state index contributed by atoms with van der Waals surface area (Å²) in [7, 11) is 1.90. The Hall–Kier alpha value is -1.07. The number of amides is 1. The third kappa shape index (κ3) is 3.73. The number of halogens is 1. The molecule has 2 rings (SSSR count). The lowest BCUT2D eigenvalue weighted by Gasteiger charge is -2.20. The number of hydrogen-bond donors (Lipinski definition) is 2. The summed E-state index contributed by atoms with van der Waals surface area (Å²) in [4.78, 5) is 12.0. The lowest BCUT2D eigenvalue weighted by Crippen LogP contribution is -2.36. The van der Waals surface area contributed by atoms with Crippen LogP contribution in [0.4, 0.5) is 0 Å². The Kier molecular flexibility index (Phi) is 5.43. The Balaban J connectivity index is 2.24. The average Bonchev–Trinajstić information content (AvgIpc) is 2.59. The predicted molar refractivity (Wildman–Crippen MR) is 82.9 cm³/mol. The van der Waals surface area contributed by atoms with Crippen LogP contribution in [0.5, 0.6) is 5.75 Å². The van der Waals surface area contributed by atoms with Crippen LogP contribution in [0.25, 0.3) is 0 Å². The number of aryl methyl sites for hydroxylation is 1. The molecule has 0 radical (unpaired) electrons. The van der Waals surface area contributed by atoms with Crippen molar-refractivity contribution >= 4 is 21.8 Å². The molecule has 1 saturated heterocycles. The van der Waals surface area contributed by atoms with Crippen molar-refractivity contribution in [1.29, 1.82) is 0 Å². The van der Waals surface area contributed by atoms with Crippen LogP contribution in [0.2, 0.25) is 0 Å². The molecular formula is C15H21BrN2O2. The van der Waals surface area contributed by atoms with Crippen molar-refractivity contribution in [3.05, 3.63) is 27.7 Å². The molecule has 5 heteroatoms. The van der Waals surface area contributed by atoms with Gasteiger partial charge in [0.05, 0.1) is 0 Å². The van der Waals surface area contributed by atoms with Crippen LogP contribution in [0, 0.1) is 6.92 Å². The maximum absolute atomic E-state index is 12.0. The van der Waals surface area contributed by atoms with Gasteiger partial charge >= 0.3 is 0 Å². The van der Waals surface area contributed by atoms with Gasteiger partial charge in [-0.3, -0.25) is 4.79 Å². The van der Waals surface area contributed by atoms with Crippen molar-refractivity contribution in [2.75, 3.05) is 13.6 Å². The maximum Gasteiger partial charge on any atom is 0.261 e.